The molecule has 0 radical (unpaired) electrons. The van der Waals surface area contributed by atoms with Crippen molar-refractivity contribution in [1.29, 1.82) is 0 Å². The zero-order valence-electron chi connectivity index (χ0n) is 10.4. The highest BCUT2D eigenvalue weighted by Gasteiger charge is 2.27. The highest BCUT2D eigenvalue weighted by Crippen LogP contribution is 2.34. The first kappa shape index (κ1) is 14.6. The third-order valence-electron chi connectivity index (χ3n) is 3.39. The zero-order valence-corrected chi connectivity index (χ0v) is 11.2. The first-order valence-electron chi connectivity index (χ1n) is 6.29. The Morgan fingerprint density at radius 1 is 1.21 bits per heavy atom. The van der Waals surface area contributed by atoms with Gasteiger partial charge >= 0.3 is 0 Å². The molecule has 1 atom stereocenters. The molecule has 1 aromatic carbocycles. The van der Waals surface area contributed by atoms with Gasteiger partial charge in [-0.3, -0.25) is 9.29 Å². The van der Waals surface area contributed by atoms with Gasteiger partial charge in [0.2, 0.25) is 0 Å². The number of alkyl halides is 1. The van der Waals surface area contributed by atoms with Gasteiger partial charge in [-0.1, -0.05) is 11.6 Å². The summed E-state index contributed by atoms with van der Waals surface area (Å²) in [5.41, 5.74) is 0.0706. The van der Waals surface area contributed by atoms with E-state index >= 15 is 0 Å². The molecule has 1 N–H and O–H groups in total. The Morgan fingerprint density at radius 3 is 2.47 bits per heavy atom. The normalized spacial score (nSPS) is 18.5. The molecule has 1 aliphatic heterocycles. The summed E-state index contributed by atoms with van der Waals surface area (Å²) in [6, 6.07) is 1.52. The van der Waals surface area contributed by atoms with Gasteiger partial charge in [0.25, 0.3) is 0 Å². The van der Waals surface area contributed by atoms with Crippen LogP contribution in [0.1, 0.15) is 18.0 Å². The van der Waals surface area contributed by atoms with E-state index in [1.54, 1.807) is 0 Å². The summed E-state index contributed by atoms with van der Waals surface area (Å²) < 4.78 is 40.2. The Morgan fingerprint density at radius 2 is 1.84 bits per heavy atom. The molecule has 1 aromatic rings. The minimum atomic E-state index is -0.669. The Kier molecular flexibility index (Phi) is 5.07. The molecule has 2 rings (SSSR count). The summed E-state index contributed by atoms with van der Waals surface area (Å²) in [4.78, 5) is 1.94. The fraction of sp³-hybridized carbons (Fsp3) is 0.538. The molecule has 0 spiro atoms. The summed E-state index contributed by atoms with van der Waals surface area (Å²) in [5, 5.41) is 2.93. The average molecular weight is 293 g/mol. The van der Waals surface area contributed by atoms with Crippen molar-refractivity contribution in [1.82, 2.24) is 10.2 Å². The van der Waals surface area contributed by atoms with Crippen molar-refractivity contribution >= 4 is 11.6 Å². The number of piperazine rings is 1. The van der Waals surface area contributed by atoms with Crippen LogP contribution >= 0.6 is 11.6 Å². The largest absolute Gasteiger partial charge is 0.314 e. The highest BCUT2D eigenvalue weighted by molar-refractivity contribution is 6.31. The van der Waals surface area contributed by atoms with Crippen LogP contribution in [0, 0.1) is 11.6 Å². The number of nitrogens with zero attached hydrogens (tertiary/aromatic N) is 1. The second-order valence-electron chi connectivity index (χ2n) is 4.54. The molecule has 19 heavy (non-hydrogen) atoms. The molecular weight excluding hydrogens is 277 g/mol. The molecular formula is C13H16ClF3N2. The quantitative estimate of drug-likeness (QED) is 0.859. The fourth-order valence-corrected chi connectivity index (χ4v) is 2.73. The van der Waals surface area contributed by atoms with E-state index in [1.807, 2.05) is 4.90 Å². The summed E-state index contributed by atoms with van der Waals surface area (Å²) in [6.07, 6.45) is 0.111. The van der Waals surface area contributed by atoms with Crippen LogP contribution in [0.3, 0.4) is 0 Å². The molecule has 2 nitrogen and oxygen atoms in total. The minimum absolute atomic E-state index is 0.0706. The van der Waals surface area contributed by atoms with Crippen molar-refractivity contribution in [3.63, 3.8) is 0 Å². The second kappa shape index (κ2) is 6.59. The lowest BCUT2D eigenvalue weighted by atomic mass is 10.0. The van der Waals surface area contributed by atoms with Crippen LogP contribution in [0.5, 0.6) is 0 Å². The van der Waals surface area contributed by atoms with E-state index in [-0.39, 0.29) is 17.0 Å². The van der Waals surface area contributed by atoms with Gasteiger partial charge in [0.05, 0.1) is 11.7 Å². The Hall–Kier alpha value is -0.780. The van der Waals surface area contributed by atoms with Gasteiger partial charge in [-0.05, 0) is 18.6 Å². The number of nitrogens with one attached hydrogen (secondary N) is 1. The minimum Gasteiger partial charge on any atom is -0.314 e. The van der Waals surface area contributed by atoms with Gasteiger partial charge in [-0.2, -0.15) is 0 Å². The summed E-state index contributed by atoms with van der Waals surface area (Å²) >= 11 is 5.87. The monoisotopic (exact) mass is 292 g/mol. The van der Waals surface area contributed by atoms with E-state index in [4.69, 9.17) is 11.6 Å². The van der Waals surface area contributed by atoms with Gasteiger partial charge in [0, 0.05) is 37.8 Å². The molecule has 106 valence electrons. The Balaban J connectivity index is 2.35. The maximum absolute atomic E-state index is 13.9. The third-order valence-corrected chi connectivity index (χ3v) is 3.77. The first-order valence-corrected chi connectivity index (χ1v) is 6.67. The van der Waals surface area contributed by atoms with Crippen LogP contribution in [0.2, 0.25) is 5.02 Å². The number of hydrogen-bond donors (Lipinski definition) is 1. The summed E-state index contributed by atoms with van der Waals surface area (Å²) in [5.74, 6) is -1.25. The lowest BCUT2D eigenvalue weighted by molar-refractivity contribution is 0.154. The van der Waals surface area contributed by atoms with Crippen LogP contribution in [0.4, 0.5) is 13.2 Å². The van der Waals surface area contributed by atoms with Crippen LogP contribution in [0.15, 0.2) is 12.1 Å². The molecule has 0 aromatic heterocycles. The predicted molar refractivity (Wildman–Crippen MR) is 69.1 cm³/mol. The number of benzene rings is 1. The molecule has 0 amide bonds. The zero-order chi connectivity index (χ0) is 13.8. The number of halogens is 4. The Labute approximate surface area is 115 Å². The van der Waals surface area contributed by atoms with Crippen molar-refractivity contribution in [2.75, 3.05) is 32.9 Å². The molecule has 1 saturated heterocycles. The second-order valence-corrected chi connectivity index (χ2v) is 4.91. The molecule has 1 fully saturated rings. The van der Waals surface area contributed by atoms with Gasteiger partial charge in [0.15, 0.2) is 0 Å². The molecule has 0 saturated carbocycles. The Bertz CT molecular complexity index is 436. The van der Waals surface area contributed by atoms with Crippen molar-refractivity contribution in [2.45, 2.75) is 12.5 Å². The number of rotatable bonds is 4. The van der Waals surface area contributed by atoms with E-state index in [0.29, 0.717) is 13.1 Å². The van der Waals surface area contributed by atoms with Gasteiger partial charge in [-0.15, -0.1) is 0 Å². The van der Waals surface area contributed by atoms with Crippen LogP contribution in [-0.4, -0.2) is 37.8 Å². The summed E-state index contributed by atoms with van der Waals surface area (Å²) in [6.45, 7) is 2.23. The van der Waals surface area contributed by atoms with Crippen LogP contribution in [-0.2, 0) is 0 Å². The average Bonchev–Trinajstić information content (AvgIpc) is 2.43. The maximum atomic E-state index is 13.9. The maximum Gasteiger partial charge on any atom is 0.142 e. The standard InChI is InChI=1S/C13H16ClF3N2/c14-13-10(17)2-1-9(16)12(13)11(3-4-15)19-7-5-18-6-8-19/h1-2,11,18H,3-8H2/t11-/m0/s1. The van der Waals surface area contributed by atoms with Crippen molar-refractivity contribution in [3.8, 4) is 0 Å². The first-order chi connectivity index (χ1) is 9.15. The van der Waals surface area contributed by atoms with E-state index in [9.17, 15) is 13.2 Å². The highest BCUT2D eigenvalue weighted by atomic mass is 35.5. The van der Waals surface area contributed by atoms with Gasteiger partial charge in [0.1, 0.15) is 11.6 Å². The number of hydrogen-bond acceptors (Lipinski definition) is 2. The lowest BCUT2D eigenvalue weighted by Crippen LogP contribution is -2.45. The van der Waals surface area contributed by atoms with E-state index in [0.717, 1.165) is 25.2 Å². The molecule has 1 aliphatic rings. The molecule has 0 aliphatic carbocycles. The van der Waals surface area contributed by atoms with Crippen LogP contribution in [0.25, 0.3) is 0 Å². The van der Waals surface area contributed by atoms with Crippen LogP contribution < -0.4 is 5.32 Å². The summed E-state index contributed by atoms with van der Waals surface area (Å²) in [7, 11) is 0. The topological polar surface area (TPSA) is 15.3 Å². The molecule has 6 heteroatoms. The van der Waals surface area contributed by atoms with Crippen molar-refractivity contribution in [2.24, 2.45) is 0 Å². The predicted octanol–water partition coefficient (Wildman–Crippen LogP) is 2.92. The van der Waals surface area contributed by atoms with Crippen molar-refractivity contribution < 1.29 is 13.2 Å². The van der Waals surface area contributed by atoms with E-state index in [2.05, 4.69) is 5.32 Å². The molecule has 1 heterocycles. The lowest BCUT2D eigenvalue weighted by Gasteiger charge is -2.35. The molecule has 0 bridgehead atoms. The van der Waals surface area contributed by atoms with E-state index in [1.165, 1.54) is 0 Å². The SMILES string of the molecule is FCC[C@@H](c1c(F)ccc(F)c1Cl)N1CCNCC1. The van der Waals surface area contributed by atoms with E-state index < -0.39 is 24.4 Å². The third kappa shape index (κ3) is 3.22. The fourth-order valence-electron chi connectivity index (χ4n) is 2.45. The van der Waals surface area contributed by atoms with Crippen molar-refractivity contribution in [3.05, 3.63) is 34.4 Å². The smallest absolute Gasteiger partial charge is 0.142 e. The van der Waals surface area contributed by atoms with Gasteiger partial charge in [-0.25, -0.2) is 8.78 Å². The molecule has 0 unspecified atom stereocenters. The van der Waals surface area contributed by atoms with Gasteiger partial charge < -0.3 is 5.32 Å².